The van der Waals surface area contributed by atoms with Crippen LogP contribution in [0.1, 0.15) is 118 Å². The second-order valence-electron chi connectivity index (χ2n) is 7.77. The fourth-order valence-corrected chi connectivity index (χ4v) is 8.73. The summed E-state index contributed by atoms with van der Waals surface area (Å²) in [6.45, 7) is 9.41. The minimum atomic E-state index is -0.634. The van der Waals surface area contributed by atoms with Crippen LogP contribution >= 0.6 is 7.26 Å². The molecule has 0 amide bonds. The van der Waals surface area contributed by atoms with Crippen LogP contribution in [-0.4, -0.2) is 24.6 Å². The van der Waals surface area contributed by atoms with E-state index in [4.69, 9.17) is 0 Å². The summed E-state index contributed by atoms with van der Waals surface area (Å²) < 4.78 is 0. The summed E-state index contributed by atoms with van der Waals surface area (Å²) in [7, 11) is -0.634. The van der Waals surface area contributed by atoms with Gasteiger partial charge in [0.2, 0.25) is 0 Å². The Kier molecular flexibility index (Phi) is 23.4. The van der Waals surface area contributed by atoms with E-state index in [9.17, 15) is 0 Å². The summed E-state index contributed by atoms with van der Waals surface area (Å²) in [5.74, 6) is 0. The molecule has 0 unspecified atom stereocenters. The maximum absolute atomic E-state index is 2.36. The number of hydrogen-bond donors (Lipinski definition) is 0. The average Bonchev–Trinajstić information content (AvgIpc) is 2.55. The van der Waals surface area contributed by atoms with Gasteiger partial charge in [-0.25, -0.2) is 0 Å². The van der Waals surface area contributed by atoms with Crippen LogP contribution < -0.4 is 24.0 Å². The molecule has 0 aromatic rings. The molecule has 0 nitrogen and oxygen atoms in total. The summed E-state index contributed by atoms with van der Waals surface area (Å²) in [6, 6.07) is 0. The Hall–Kier alpha value is 1.16. The number of unbranched alkanes of at least 4 members (excludes halogenated alkanes) is 10. The van der Waals surface area contributed by atoms with Gasteiger partial charge in [0.25, 0.3) is 0 Å². The molecule has 2 heteroatoms. The van der Waals surface area contributed by atoms with Gasteiger partial charge in [-0.05, 0) is 32.1 Å². The molecule has 0 fully saturated rings. The second-order valence-corrected chi connectivity index (χ2v) is 12.2. The monoisotopic (exact) mass is 470 g/mol. The summed E-state index contributed by atoms with van der Waals surface area (Å²) in [5, 5.41) is 0. The highest BCUT2D eigenvalue weighted by molar-refractivity contribution is 7.75. The van der Waals surface area contributed by atoms with Crippen LogP contribution in [-0.2, 0) is 0 Å². The van der Waals surface area contributed by atoms with Crippen molar-refractivity contribution in [3.05, 3.63) is 0 Å². The number of rotatable bonds is 18. The Morgan fingerprint density at radius 3 is 0.958 bits per heavy atom. The minimum absolute atomic E-state index is 0. The standard InChI is InChI=1S/C22H48P.HI/c1-5-9-13-14-18-22-23(19-15-10-6-2,20-16-11-7-3)21-17-12-8-4;/h5-22H2,1-4H3;1H/q+1;/p-1. The van der Waals surface area contributed by atoms with Crippen LogP contribution in [0, 0.1) is 0 Å². The zero-order chi connectivity index (χ0) is 17.2. The van der Waals surface area contributed by atoms with Gasteiger partial charge >= 0.3 is 0 Å². The molecule has 0 spiro atoms. The van der Waals surface area contributed by atoms with Gasteiger partial charge in [0.15, 0.2) is 0 Å². The highest BCUT2D eigenvalue weighted by atomic mass is 127. The Labute approximate surface area is 173 Å². The van der Waals surface area contributed by atoms with Gasteiger partial charge in [-0.3, -0.25) is 0 Å². The normalized spacial score (nSPS) is 11.5. The average molecular weight is 471 g/mol. The predicted octanol–water partition coefficient (Wildman–Crippen LogP) is 5.55. The van der Waals surface area contributed by atoms with Gasteiger partial charge in [-0.2, -0.15) is 0 Å². The SMILES string of the molecule is CCCCCCC[P+](CCCCC)(CCCCC)CCCCC.[I-]. The van der Waals surface area contributed by atoms with Crippen molar-refractivity contribution in [1.82, 2.24) is 0 Å². The fourth-order valence-electron chi connectivity index (χ4n) is 3.81. The van der Waals surface area contributed by atoms with E-state index >= 15 is 0 Å². The van der Waals surface area contributed by atoms with Crippen molar-refractivity contribution in [2.45, 2.75) is 118 Å². The van der Waals surface area contributed by atoms with Crippen molar-refractivity contribution in [3.63, 3.8) is 0 Å². The van der Waals surface area contributed by atoms with Crippen molar-refractivity contribution in [1.29, 1.82) is 0 Å². The molecule has 0 aliphatic heterocycles. The van der Waals surface area contributed by atoms with E-state index in [0.717, 1.165) is 0 Å². The van der Waals surface area contributed by atoms with E-state index in [0.29, 0.717) is 0 Å². The Balaban J connectivity index is 0. The zero-order valence-corrected chi connectivity index (χ0v) is 20.6. The number of halogens is 1. The van der Waals surface area contributed by atoms with Crippen molar-refractivity contribution >= 4 is 7.26 Å². The lowest BCUT2D eigenvalue weighted by molar-refractivity contribution is -0.00000537. The zero-order valence-electron chi connectivity index (χ0n) is 17.6. The van der Waals surface area contributed by atoms with E-state index in [2.05, 4.69) is 27.7 Å². The van der Waals surface area contributed by atoms with Gasteiger partial charge in [0.1, 0.15) is 0 Å². The molecule has 24 heavy (non-hydrogen) atoms. The lowest BCUT2D eigenvalue weighted by Gasteiger charge is -2.28. The van der Waals surface area contributed by atoms with E-state index in [1.54, 1.807) is 24.6 Å². The third-order valence-corrected chi connectivity index (χ3v) is 10.5. The summed E-state index contributed by atoms with van der Waals surface area (Å²) in [4.78, 5) is 0. The molecule has 0 heterocycles. The van der Waals surface area contributed by atoms with Crippen molar-refractivity contribution in [2.24, 2.45) is 0 Å². The first kappa shape index (κ1) is 27.4. The second kappa shape index (κ2) is 20.5. The lowest BCUT2D eigenvalue weighted by Crippen LogP contribution is -3.00. The molecule has 0 N–H and O–H groups in total. The molecule has 0 rings (SSSR count). The molecule has 0 aliphatic carbocycles. The lowest BCUT2D eigenvalue weighted by atomic mass is 10.2. The molecule has 0 aliphatic rings. The largest absolute Gasteiger partial charge is 1.00 e. The summed E-state index contributed by atoms with van der Waals surface area (Å²) in [6.07, 6.45) is 27.0. The third kappa shape index (κ3) is 15.4. The van der Waals surface area contributed by atoms with Crippen LogP contribution in [0.25, 0.3) is 0 Å². The van der Waals surface area contributed by atoms with Gasteiger partial charge < -0.3 is 24.0 Å². The molecule has 148 valence electrons. The van der Waals surface area contributed by atoms with E-state index in [1.165, 1.54) is 89.9 Å². The molecule has 0 radical (unpaired) electrons. The molecule has 0 aromatic carbocycles. The molecule has 0 aromatic heterocycles. The first-order chi connectivity index (χ1) is 11.2. The van der Waals surface area contributed by atoms with Crippen LogP contribution in [0.15, 0.2) is 0 Å². The maximum atomic E-state index is 2.36. The van der Waals surface area contributed by atoms with Crippen molar-refractivity contribution in [3.8, 4) is 0 Å². The van der Waals surface area contributed by atoms with E-state index in [1.807, 2.05) is 0 Å². The summed E-state index contributed by atoms with van der Waals surface area (Å²) in [5.41, 5.74) is 0. The predicted molar refractivity (Wildman–Crippen MR) is 114 cm³/mol. The van der Waals surface area contributed by atoms with Crippen LogP contribution in [0.3, 0.4) is 0 Å². The highest BCUT2D eigenvalue weighted by Crippen LogP contribution is 2.61. The molecular weight excluding hydrogens is 422 g/mol. The van der Waals surface area contributed by atoms with Gasteiger partial charge in [0, 0.05) is 7.26 Å². The Morgan fingerprint density at radius 2 is 0.625 bits per heavy atom. The van der Waals surface area contributed by atoms with Crippen molar-refractivity contribution < 1.29 is 24.0 Å². The molecule has 0 saturated heterocycles. The smallest absolute Gasteiger partial charge is 0.0594 e. The van der Waals surface area contributed by atoms with Gasteiger partial charge in [0.05, 0.1) is 24.6 Å². The summed E-state index contributed by atoms with van der Waals surface area (Å²) >= 11 is 0. The van der Waals surface area contributed by atoms with Crippen molar-refractivity contribution in [2.75, 3.05) is 24.6 Å². The topological polar surface area (TPSA) is 0 Å². The molecule has 0 atom stereocenters. The van der Waals surface area contributed by atoms with Crippen LogP contribution in [0.5, 0.6) is 0 Å². The van der Waals surface area contributed by atoms with E-state index < -0.39 is 7.26 Å². The third-order valence-electron chi connectivity index (χ3n) is 5.44. The Bertz CT molecular complexity index is 203. The fraction of sp³-hybridized carbons (Fsp3) is 1.00. The van der Waals surface area contributed by atoms with Crippen LogP contribution in [0.4, 0.5) is 0 Å². The Morgan fingerprint density at radius 1 is 0.375 bits per heavy atom. The van der Waals surface area contributed by atoms with Gasteiger partial charge in [-0.1, -0.05) is 85.5 Å². The first-order valence-electron chi connectivity index (χ1n) is 11.1. The van der Waals surface area contributed by atoms with E-state index in [-0.39, 0.29) is 24.0 Å². The number of hydrogen-bond acceptors (Lipinski definition) is 0. The minimum Gasteiger partial charge on any atom is -1.00 e. The molecule has 0 saturated carbocycles. The van der Waals surface area contributed by atoms with Crippen LogP contribution in [0.2, 0.25) is 0 Å². The first-order valence-corrected chi connectivity index (χ1v) is 13.6. The highest BCUT2D eigenvalue weighted by Gasteiger charge is 2.34. The molecule has 0 bridgehead atoms. The quantitative estimate of drug-likeness (QED) is 0.140. The molecular formula is C22H48IP. The maximum Gasteiger partial charge on any atom is 0.0594 e. The van der Waals surface area contributed by atoms with Gasteiger partial charge in [-0.15, -0.1) is 0 Å².